The fourth-order valence-corrected chi connectivity index (χ4v) is 2.72. The molecule has 1 fully saturated rings. The normalized spacial score (nSPS) is 18.7. The number of hydrogen-bond acceptors (Lipinski definition) is 2. The van der Waals surface area contributed by atoms with Crippen LogP contribution in [0, 0.1) is 5.92 Å². The molecule has 0 radical (unpaired) electrons. The molecule has 3 nitrogen and oxygen atoms in total. The van der Waals surface area contributed by atoms with E-state index in [1.54, 1.807) is 0 Å². The first-order valence-corrected chi connectivity index (χ1v) is 7.17. The van der Waals surface area contributed by atoms with Gasteiger partial charge in [0.1, 0.15) is 0 Å². The van der Waals surface area contributed by atoms with Crippen LogP contribution in [0.25, 0.3) is 0 Å². The van der Waals surface area contributed by atoms with Crippen molar-refractivity contribution < 1.29 is 4.79 Å². The highest BCUT2D eigenvalue weighted by atomic mass is 16.2. The van der Waals surface area contributed by atoms with Crippen molar-refractivity contribution in [3.8, 4) is 0 Å². The second kappa shape index (κ2) is 5.74. The van der Waals surface area contributed by atoms with Crippen molar-refractivity contribution in [1.29, 1.82) is 0 Å². The van der Waals surface area contributed by atoms with E-state index in [2.05, 4.69) is 31.3 Å². The molecule has 0 heterocycles. The molecular weight excluding hydrogens is 236 g/mol. The fourth-order valence-electron chi connectivity index (χ4n) is 2.72. The van der Waals surface area contributed by atoms with Gasteiger partial charge in [-0.1, -0.05) is 44.2 Å². The van der Waals surface area contributed by atoms with Gasteiger partial charge in [-0.2, -0.15) is 0 Å². The molecule has 3 N–H and O–H groups in total. The van der Waals surface area contributed by atoms with Crippen LogP contribution in [0.5, 0.6) is 0 Å². The number of carbonyl (C=O) groups is 1. The Morgan fingerprint density at radius 3 is 2.42 bits per heavy atom. The minimum Gasteiger partial charge on any atom is -0.345 e. The van der Waals surface area contributed by atoms with Crippen LogP contribution in [-0.2, 0) is 10.3 Å². The number of amides is 1. The topological polar surface area (TPSA) is 55.1 Å². The van der Waals surface area contributed by atoms with Gasteiger partial charge >= 0.3 is 0 Å². The van der Waals surface area contributed by atoms with Gasteiger partial charge in [0.25, 0.3) is 0 Å². The fraction of sp³-hybridized carbons (Fsp3) is 0.562. The zero-order valence-electron chi connectivity index (χ0n) is 11.9. The van der Waals surface area contributed by atoms with Gasteiger partial charge in [0.2, 0.25) is 5.91 Å². The van der Waals surface area contributed by atoms with Crippen LogP contribution in [0.3, 0.4) is 0 Å². The summed E-state index contributed by atoms with van der Waals surface area (Å²) in [7, 11) is 0. The van der Waals surface area contributed by atoms with E-state index in [1.165, 1.54) is 5.56 Å². The Kier molecular flexibility index (Phi) is 4.25. The van der Waals surface area contributed by atoms with E-state index in [1.807, 2.05) is 18.2 Å². The summed E-state index contributed by atoms with van der Waals surface area (Å²) >= 11 is 0. The first kappa shape index (κ1) is 14.1. The predicted octanol–water partition coefficient (Wildman–Crippen LogP) is 2.56. The molecule has 1 aromatic carbocycles. The van der Waals surface area contributed by atoms with Crippen LogP contribution < -0.4 is 11.1 Å². The SMILES string of the molecule is CC(C)C[C@H](N)C(=O)NC1(c2ccccc2)CCC1. The number of hydrogen-bond donors (Lipinski definition) is 2. The van der Waals surface area contributed by atoms with E-state index in [4.69, 9.17) is 5.73 Å². The van der Waals surface area contributed by atoms with Gasteiger partial charge in [-0.25, -0.2) is 0 Å². The molecule has 104 valence electrons. The Morgan fingerprint density at radius 2 is 1.95 bits per heavy atom. The summed E-state index contributed by atoms with van der Waals surface area (Å²) in [6.07, 6.45) is 3.92. The molecule has 0 aromatic heterocycles. The van der Waals surface area contributed by atoms with E-state index in [9.17, 15) is 4.79 Å². The summed E-state index contributed by atoms with van der Waals surface area (Å²) < 4.78 is 0. The Hall–Kier alpha value is -1.35. The van der Waals surface area contributed by atoms with Crippen molar-refractivity contribution in [3.63, 3.8) is 0 Å². The van der Waals surface area contributed by atoms with E-state index < -0.39 is 6.04 Å². The lowest BCUT2D eigenvalue weighted by molar-refractivity contribution is -0.126. The molecule has 0 aliphatic heterocycles. The van der Waals surface area contributed by atoms with Crippen molar-refractivity contribution in [2.75, 3.05) is 0 Å². The van der Waals surface area contributed by atoms with Crippen LogP contribution in [-0.4, -0.2) is 11.9 Å². The summed E-state index contributed by atoms with van der Waals surface area (Å²) in [4.78, 5) is 12.2. The molecule has 0 saturated heterocycles. The quantitative estimate of drug-likeness (QED) is 0.855. The summed E-state index contributed by atoms with van der Waals surface area (Å²) in [5.74, 6) is 0.423. The van der Waals surface area contributed by atoms with Crippen molar-refractivity contribution in [2.24, 2.45) is 11.7 Å². The summed E-state index contributed by atoms with van der Waals surface area (Å²) in [5, 5.41) is 3.19. The third kappa shape index (κ3) is 3.16. The Labute approximate surface area is 115 Å². The number of carbonyl (C=O) groups excluding carboxylic acids is 1. The number of nitrogens with two attached hydrogens (primary N) is 1. The van der Waals surface area contributed by atoms with Gasteiger partial charge < -0.3 is 11.1 Å². The minimum atomic E-state index is -0.402. The van der Waals surface area contributed by atoms with Crippen molar-refractivity contribution >= 4 is 5.91 Å². The molecule has 1 atom stereocenters. The molecule has 2 rings (SSSR count). The Bertz CT molecular complexity index is 424. The highest BCUT2D eigenvalue weighted by Gasteiger charge is 2.40. The molecule has 19 heavy (non-hydrogen) atoms. The highest BCUT2D eigenvalue weighted by molar-refractivity contribution is 5.82. The van der Waals surface area contributed by atoms with Crippen molar-refractivity contribution in [3.05, 3.63) is 35.9 Å². The zero-order valence-corrected chi connectivity index (χ0v) is 11.9. The molecule has 0 bridgehead atoms. The molecule has 0 spiro atoms. The summed E-state index contributed by atoms with van der Waals surface area (Å²) in [6.45, 7) is 4.17. The monoisotopic (exact) mass is 260 g/mol. The van der Waals surface area contributed by atoms with Crippen LogP contribution in [0.15, 0.2) is 30.3 Å². The number of rotatable bonds is 5. The first-order valence-electron chi connectivity index (χ1n) is 7.17. The van der Waals surface area contributed by atoms with Crippen LogP contribution in [0.1, 0.15) is 45.1 Å². The summed E-state index contributed by atoms with van der Waals surface area (Å²) in [5.41, 5.74) is 7.00. The maximum Gasteiger partial charge on any atom is 0.237 e. The van der Waals surface area contributed by atoms with Gasteiger partial charge in [-0.05, 0) is 37.2 Å². The van der Waals surface area contributed by atoms with Crippen molar-refractivity contribution in [1.82, 2.24) is 5.32 Å². The van der Waals surface area contributed by atoms with Crippen molar-refractivity contribution in [2.45, 2.75) is 51.1 Å². The smallest absolute Gasteiger partial charge is 0.237 e. The van der Waals surface area contributed by atoms with E-state index in [0.717, 1.165) is 25.7 Å². The maximum absolute atomic E-state index is 12.2. The number of benzene rings is 1. The lowest BCUT2D eigenvalue weighted by Gasteiger charge is -2.43. The van der Waals surface area contributed by atoms with E-state index in [-0.39, 0.29) is 11.4 Å². The van der Waals surface area contributed by atoms with Crippen LogP contribution >= 0.6 is 0 Å². The molecule has 1 aromatic rings. The average Bonchev–Trinajstić information content (AvgIpc) is 2.33. The maximum atomic E-state index is 12.2. The lowest BCUT2D eigenvalue weighted by Crippen LogP contribution is -2.55. The van der Waals surface area contributed by atoms with Crippen LogP contribution in [0.4, 0.5) is 0 Å². The van der Waals surface area contributed by atoms with Gasteiger partial charge in [0.05, 0.1) is 11.6 Å². The second-order valence-corrected chi connectivity index (χ2v) is 6.03. The lowest BCUT2D eigenvalue weighted by atomic mass is 9.71. The van der Waals surface area contributed by atoms with Gasteiger partial charge in [-0.3, -0.25) is 4.79 Å². The molecule has 3 heteroatoms. The summed E-state index contributed by atoms with van der Waals surface area (Å²) in [6, 6.07) is 9.83. The standard InChI is InChI=1S/C16H24N2O/c1-12(2)11-14(17)15(19)18-16(9-6-10-16)13-7-4-3-5-8-13/h3-5,7-8,12,14H,6,9-11,17H2,1-2H3,(H,18,19)/t14-/m0/s1. The molecule has 1 aliphatic rings. The molecule has 1 amide bonds. The van der Waals surface area contributed by atoms with E-state index >= 15 is 0 Å². The minimum absolute atomic E-state index is 0.0164. The Balaban J connectivity index is 2.05. The molecular formula is C16H24N2O. The third-order valence-corrected chi connectivity index (χ3v) is 3.96. The third-order valence-electron chi connectivity index (χ3n) is 3.96. The second-order valence-electron chi connectivity index (χ2n) is 6.03. The predicted molar refractivity (Wildman–Crippen MR) is 77.5 cm³/mol. The molecule has 1 saturated carbocycles. The largest absolute Gasteiger partial charge is 0.345 e. The van der Waals surface area contributed by atoms with Gasteiger partial charge in [0.15, 0.2) is 0 Å². The van der Waals surface area contributed by atoms with Gasteiger partial charge in [0, 0.05) is 0 Å². The Morgan fingerprint density at radius 1 is 1.32 bits per heavy atom. The average molecular weight is 260 g/mol. The van der Waals surface area contributed by atoms with E-state index in [0.29, 0.717) is 5.92 Å². The van der Waals surface area contributed by atoms with Gasteiger partial charge in [-0.15, -0.1) is 0 Å². The number of nitrogens with one attached hydrogen (secondary N) is 1. The highest BCUT2D eigenvalue weighted by Crippen LogP contribution is 2.41. The first-order chi connectivity index (χ1) is 9.03. The molecule has 0 unspecified atom stereocenters. The van der Waals surface area contributed by atoms with Crippen LogP contribution in [0.2, 0.25) is 0 Å². The zero-order chi connectivity index (χ0) is 13.9. The molecule has 1 aliphatic carbocycles.